The summed E-state index contributed by atoms with van der Waals surface area (Å²) in [5.41, 5.74) is 1.47. The van der Waals surface area contributed by atoms with Crippen LogP contribution < -0.4 is 15.5 Å². The fourth-order valence-electron chi connectivity index (χ4n) is 14.5. The molecule has 2 aromatic carbocycles. The number of amides is 2. The molecule has 0 bridgehead atoms. The van der Waals surface area contributed by atoms with Gasteiger partial charge >= 0.3 is 25.9 Å². The second kappa shape index (κ2) is 54.6. The number of nitrogens with zero attached hydrogens (tertiary/aromatic N) is 2. The van der Waals surface area contributed by atoms with Crippen molar-refractivity contribution in [2.45, 2.75) is 312 Å². The Morgan fingerprint density at radius 1 is 0.522 bits per heavy atom. The van der Waals surface area contributed by atoms with Crippen molar-refractivity contribution >= 4 is 89.3 Å². The summed E-state index contributed by atoms with van der Waals surface area (Å²) < 4.78 is 183. The zero-order chi connectivity index (χ0) is 84.7. The normalized spacial score (nSPS) is 16.2. The van der Waals surface area contributed by atoms with Crippen molar-refractivity contribution in [1.29, 1.82) is 0 Å². The van der Waals surface area contributed by atoms with E-state index in [1.165, 1.54) is 171 Å². The summed E-state index contributed by atoms with van der Waals surface area (Å²) >= 11 is 0. The van der Waals surface area contributed by atoms with Gasteiger partial charge in [0.2, 0.25) is 11.6 Å². The first-order valence-electron chi connectivity index (χ1n) is 42.0. The average Bonchev–Trinajstić information content (AvgIpc) is 1.59. The Morgan fingerprint density at radius 3 is 1.55 bits per heavy atom. The van der Waals surface area contributed by atoms with E-state index < -0.39 is 108 Å². The predicted octanol–water partition coefficient (Wildman–Crippen LogP) is 16.8. The SMILES string of the molecule is CCCCCCCCCCCCCCCCCC(=O)OC[C@H](COP(=O)(O)OCCNC(=O)OCCOCCNC(=O)CCCCCC1(C)/C(=C/C=C/C=C/C2=[N+](CCCS(=O)(=O)O)c3ccc(S(=O)(=O)O)cc3C2(C)C)N(CCCS(=O)(=O)O)c2ccc(S(=O)(=O)O)cc21)OC(=O)CCCCCCCCCCCCCCCCC. The van der Waals surface area contributed by atoms with E-state index in [2.05, 4.69) is 24.5 Å². The van der Waals surface area contributed by atoms with Crippen LogP contribution in [0.3, 0.4) is 0 Å². The molecule has 0 fully saturated rings. The summed E-state index contributed by atoms with van der Waals surface area (Å²) in [5, 5.41) is 5.17. The van der Waals surface area contributed by atoms with Gasteiger partial charge in [0.15, 0.2) is 11.8 Å². The zero-order valence-corrected chi connectivity index (χ0v) is 73.1. The van der Waals surface area contributed by atoms with Crippen LogP contribution in [-0.4, -0.2) is 174 Å². The van der Waals surface area contributed by atoms with E-state index in [-0.39, 0.29) is 100 Å². The Kier molecular flexibility index (Phi) is 48.4. The summed E-state index contributed by atoms with van der Waals surface area (Å²) in [6.07, 6.45) is 44.3. The Balaban J connectivity index is 1.21. The Morgan fingerprint density at radius 2 is 1.01 bits per heavy atom. The molecule has 7 N–H and O–H groups in total. The van der Waals surface area contributed by atoms with Crippen LogP contribution in [0.15, 0.2) is 82.3 Å². The van der Waals surface area contributed by atoms with E-state index in [1.54, 1.807) is 35.0 Å². The molecule has 2 aliphatic heterocycles. The first kappa shape index (κ1) is 102. The molecule has 2 heterocycles. The molecule has 0 aromatic heterocycles. The summed E-state index contributed by atoms with van der Waals surface area (Å²) in [7, 11) is -22.8. The molecule has 0 radical (unpaired) electrons. The van der Waals surface area contributed by atoms with Gasteiger partial charge < -0.3 is 39.4 Å². The van der Waals surface area contributed by atoms with E-state index in [9.17, 15) is 80.5 Å². The number of hydrogen-bond acceptors (Lipinski definition) is 20. The number of alkyl carbamates (subject to hydrolysis) is 1. The fourth-order valence-corrected chi connectivity index (χ4v) is 17.2. The molecule has 0 aliphatic carbocycles. The lowest BCUT2D eigenvalue weighted by atomic mass is 9.77. The summed E-state index contributed by atoms with van der Waals surface area (Å²) in [6, 6.07) is 8.18. The molecule has 28 nitrogen and oxygen atoms in total. The molecular weight excluding hydrogens is 1580 g/mol. The number of hydrogen-bond donors (Lipinski definition) is 7. The maximum absolute atomic E-state index is 13.0. The molecule has 0 saturated heterocycles. The number of unbranched alkanes of at least 4 members (excludes halogenated alkanes) is 30. The van der Waals surface area contributed by atoms with Gasteiger partial charge in [-0.1, -0.05) is 225 Å². The first-order valence-corrected chi connectivity index (χ1v) is 49.6. The topological polar surface area (TPSA) is 409 Å². The molecule has 4 rings (SSSR count). The van der Waals surface area contributed by atoms with Crippen molar-refractivity contribution in [2.75, 3.05) is 82.2 Å². The average molecular weight is 1720 g/mol. The predicted molar refractivity (Wildman–Crippen MR) is 446 cm³/mol. The molecule has 656 valence electrons. The fraction of sp³-hybridized carbons (Fsp3) is 0.720. The highest BCUT2D eigenvalue weighted by Crippen LogP contribution is 2.52. The van der Waals surface area contributed by atoms with E-state index in [1.807, 2.05) is 25.7 Å². The van der Waals surface area contributed by atoms with E-state index in [4.69, 9.17) is 28.0 Å². The van der Waals surface area contributed by atoms with Crippen LogP contribution in [0.25, 0.3) is 0 Å². The number of anilines is 1. The van der Waals surface area contributed by atoms with Crippen LogP contribution >= 0.6 is 7.82 Å². The maximum Gasteiger partial charge on any atom is 0.472 e. The Bertz CT molecular complexity index is 3930. The van der Waals surface area contributed by atoms with E-state index in [0.717, 1.165) is 44.9 Å². The second-order valence-corrected chi connectivity index (χ2v) is 38.3. The number of benzene rings is 2. The number of ether oxygens (including phenoxy) is 4. The summed E-state index contributed by atoms with van der Waals surface area (Å²) in [4.78, 5) is 62.8. The Labute approximate surface area is 686 Å². The number of carbonyl (C=O) groups excluding carboxylic acids is 4. The minimum Gasteiger partial charge on any atom is -0.462 e. The van der Waals surface area contributed by atoms with Crippen molar-refractivity contribution in [1.82, 2.24) is 10.6 Å². The van der Waals surface area contributed by atoms with Gasteiger partial charge in [0.1, 0.15) is 19.8 Å². The highest BCUT2D eigenvalue weighted by molar-refractivity contribution is 7.86. The standard InChI is InChI=1S/C82H135N4O24PS4/c1-6-8-10-12-14-16-18-20-22-24-26-28-30-32-39-47-78(88)107-66-68(110-79(89)48-40-33-31-29-27-25-23-21-19-17-15-13-11-9-7-2)67-109-111(91,92)108-59-55-84-80(90)106-61-60-105-58-54-83-77(87)46-38-35-41-53-82(5)72-65-70(115(102,103)104)50-52-74(72)86(57-43-63-113(96,97)98)76(82)45-37-34-36-44-75-81(3,4)71-64-69(114(99,100)101)49-51-73(71)85(75)56-42-62-112(93,94)95/h34,36-37,44-45,49-52,64-65,68H,6-33,35,38-43,46-48,53-63,66-67H2,1-5H3,(H6-,83,84,87,90,91,92,93,94,95,96,97,98,99,100,101,102,103,104)/p+1/t68-,82?/m1/s1. The maximum atomic E-state index is 13.0. The highest BCUT2D eigenvalue weighted by Gasteiger charge is 2.46. The molecule has 0 spiro atoms. The van der Waals surface area contributed by atoms with Gasteiger partial charge in [0, 0.05) is 79.8 Å². The van der Waals surface area contributed by atoms with E-state index >= 15 is 0 Å². The van der Waals surface area contributed by atoms with Gasteiger partial charge in [-0.3, -0.25) is 41.6 Å². The summed E-state index contributed by atoms with van der Waals surface area (Å²) in [6.45, 7) is 8.46. The molecule has 2 unspecified atom stereocenters. The van der Waals surface area contributed by atoms with Gasteiger partial charge in [-0.2, -0.15) is 38.2 Å². The van der Waals surface area contributed by atoms with Crippen LogP contribution in [0.5, 0.6) is 0 Å². The van der Waals surface area contributed by atoms with Gasteiger partial charge in [-0.05, 0) is 94.8 Å². The first-order chi connectivity index (χ1) is 54.6. The van der Waals surface area contributed by atoms with E-state index in [0.29, 0.717) is 72.4 Å². The van der Waals surface area contributed by atoms with Crippen LogP contribution in [0.4, 0.5) is 16.2 Å². The van der Waals surface area contributed by atoms with Gasteiger partial charge in [0.25, 0.3) is 40.5 Å². The molecule has 2 aromatic rings. The van der Waals surface area contributed by atoms with Crippen LogP contribution in [0.1, 0.15) is 296 Å². The lowest BCUT2D eigenvalue weighted by molar-refractivity contribution is -0.437. The molecule has 2 amide bonds. The van der Waals surface area contributed by atoms with Gasteiger partial charge in [0.05, 0.1) is 53.1 Å². The minimum absolute atomic E-state index is 0.00426. The molecular formula is C82H136N4O24PS4+. The van der Waals surface area contributed by atoms with Crippen molar-refractivity contribution < 1.29 is 113 Å². The number of rotatable bonds is 67. The summed E-state index contributed by atoms with van der Waals surface area (Å²) in [5.74, 6) is -2.41. The molecule has 33 heteroatoms. The highest BCUT2D eigenvalue weighted by atomic mass is 32.2. The zero-order valence-electron chi connectivity index (χ0n) is 69.0. The smallest absolute Gasteiger partial charge is 0.462 e. The number of fused-ring (bicyclic) bond motifs is 2. The quantitative estimate of drug-likeness (QED) is 0.00615. The lowest BCUT2D eigenvalue weighted by Gasteiger charge is -2.30. The third kappa shape index (κ3) is 42.3. The van der Waals surface area contributed by atoms with Gasteiger partial charge in [-0.25, -0.2) is 9.36 Å². The van der Waals surface area contributed by atoms with Crippen molar-refractivity contribution in [3.8, 4) is 0 Å². The largest absolute Gasteiger partial charge is 0.472 e. The number of carbonyl (C=O) groups is 4. The van der Waals surface area contributed by atoms with Crippen molar-refractivity contribution in [3.05, 3.63) is 83.6 Å². The molecule has 115 heavy (non-hydrogen) atoms. The van der Waals surface area contributed by atoms with Crippen molar-refractivity contribution in [2.24, 2.45) is 0 Å². The number of phosphoric ester groups is 1. The second-order valence-electron chi connectivity index (χ2n) is 30.9. The third-order valence-corrected chi connectivity index (χ3v) is 25.1. The monoisotopic (exact) mass is 1720 g/mol. The lowest BCUT2D eigenvalue weighted by Crippen LogP contribution is -2.30. The molecule has 2 aliphatic rings. The minimum atomic E-state index is -4.76. The van der Waals surface area contributed by atoms with Crippen LogP contribution in [-0.2, 0) is 98.2 Å². The molecule has 3 atom stereocenters. The van der Waals surface area contributed by atoms with Gasteiger partial charge in [-0.15, -0.1) is 0 Å². The Hall–Kier alpha value is -5.48. The molecule has 0 saturated carbocycles. The number of nitrogens with one attached hydrogen (secondary N) is 2. The van der Waals surface area contributed by atoms with Crippen molar-refractivity contribution in [3.63, 3.8) is 0 Å². The number of esters is 2. The number of allylic oxidation sites excluding steroid dienone is 6. The third-order valence-electron chi connectivity index (χ3n) is 20.8. The number of phosphoric acid groups is 1. The van der Waals surface area contributed by atoms with Crippen LogP contribution in [0.2, 0.25) is 0 Å². The van der Waals surface area contributed by atoms with Crippen LogP contribution in [0, 0.1) is 0 Å².